The van der Waals surface area contributed by atoms with Crippen molar-refractivity contribution in [3.05, 3.63) is 66.8 Å². The Hall–Kier alpha value is -4.21. The molecule has 10 heteroatoms. The van der Waals surface area contributed by atoms with E-state index >= 15 is 0 Å². The molecule has 0 bridgehead atoms. The third kappa shape index (κ3) is 3.00. The van der Waals surface area contributed by atoms with Crippen LogP contribution in [0, 0.1) is 0 Å². The second kappa shape index (κ2) is 6.94. The van der Waals surface area contributed by atoms with Gasteiger partial charge in [0.15, 0.2) is 11.6 Å². The molecule has 2 atom stereocenters. The molecule has 3 aromatic heterocycles. The van der Waals surface area contributed by atoms with Crippen molar-refractivity contribution >= 4 is 17.6 Å². The van der Waals surface area contributed by atoms with Gasteiger partial charge >= 0.3 is 6.09 Å². The zero-order valence-electron chi connectivity index (χ0n) is 16.3. The molecule has 6 rings (SSSR count). The first-order valence-electron chi connectivity index (χ1n) is 9.86. The molecular weight excluding hydrogens is 398 g/mol. The Morgan fingerprint density at radius 2 is 2.10 bits per heavy atom. The number of hydrogen-bond donors (Lipinski definition) is 1. The standard InChI is InChI=1S/C21H17N7O3/c29-21-28-16-3-1-13(14-2-4-20(23-11-14)27-7-6-24-26-27)9-15(16)10-17(28)18(31-21)12-22-19-5-8-30-25-19/h1-9,11,17-18H,10,12H2,(H,22,25)/t17-,18-/m0/s1. The summed E-state index contributed by atoms with van der Waals surface area (Å²) in [6.45, 7) is 0.466. The molecule has 1 fully saturated rings. The first-order valence-corrected chi connectivity index (χ1v) is 9.86. The average Bonchev–Trinajstić information content (AvgIpc) is 3.58. The summed E-state index contributed by atoms with van der Waals surface area (Å²) in [5.74, 6) is 1.32. The Kier molecular flexibility index (Phi) is 3.95. The summed E-state index contributed by atoms with van der Waals surface area (Å²) in [6, 6.07) is 11.7. The smallest absolute Gasteiger partial charge is 0.415 e. The second-order valence-corrected chi connectivity index (χ2v) is 7.43. The Bertz CT molecular complexity index is 1220. The van der Waals surface area contributed by atoms with Crippen molar-refractivity contribution in [2.24, 2.45) is 0 Å². The summed E-state index contributed by atoms with van der Waals surface area (Å²) in [5.41, 5.74) is 4.05. The van der Waals surface area contributed by atoms with Gasteiger partial charge in [0, 0.05) is 17.8 Å². The molecule has 1 amide bonds. The highest BCUT2D eigenvalue weighted by molar-refractivity contribution is 5.94. The number of amides is 1. The van der Waals surface area contributed by atoms with Crippen LogP contribution in [0.1, 0.15) is 5.56 Å². The van der Waals surface area contributed by atoms with E-state index in [0.717, 1.165) is 28.8 Å². The average molecular weight is 415 g/mol. The summed E-state index contributed by atoms with van der Waals surface area (Å²) in [4.78, 5) is 18.7. The largest absolute Gasteiger partial charge is 0.442 e. The molecule has 31 heavy (non-hydrogen) atoms. The highest BCUT2D eigenvalue weighted by Gasteiger charge is 2.47. The van der Waals surface area contributed by atoms with Crippen LogP contribution >= 0.6 is 0 Å². The number of hydrogen-bond acceptors (Lipinski definition) is 8. The molecule has 1 saturated heterocycles. The van der Waals surface area contributed by atoms with Crippen LogP contribution in [0.15, 0.2) is 65.8 Å². The Morgan fingerprint density at radius 1 is 1.16 bits per heavy atom. The molecule has 0 saturated carbocycles. The molecule has 4 aromatic rings. The van der Waals surface area contributed by atoms with Crippen molar-refractivity contribution < 1.29 is 14.1 Å². The van der Waals surface area contributed by atoms with Crippen molar-refractivity contribution in [2.45, 2.75) is 18.6 Å². The topological polar surface area (TPSA) is 111 Å². The maximum Gasteiger partial charge on any atom is 0.415 e. The van der Waals surface area contributed by atoms with Crippen molar-refractivity contribution in [1.82, 2.24) is 25.1 Å². The lowest BCUT2D eigenvalue weighted by Crippen LogP contribution is -2.36. The molecular formula is C21H17N7O3. The molecule has 5 heterocycles. The summed E-state index contributed by atoms with van der Waals surface area (Å²) in [7, 11) is 0. The minimum absolute atomic E-state index is 0.0510. The maximum absolute atomic E-state index is 12.5. The SMILES string of the molecule is O=C1O[C@@H](CNc2ccon2)[C@@H]2Cc3cc(-c4ccc(-n5ccnn5)nc4)ccc3N12. The molecule has 0 radical (unpaired) electrons. The van der Waals surface area contributed by atoms with Crippen LogP contribution in [-0.4, -0.2) is 49.9 Å². The van der Waals surface area contributed by atoms with Gasteiger partial charge in [-0.25, -0.2) is 14.5 Å². The lowest BCUT2D eigenvalue weighted by atomic mass is 10.0. The number of benzene rings is 1. The number of cyclic esters (lactones) is 1. The van der Waals surface area contributed by atoms with Crippen LogP contribution in [0.5, 0.6) is 0 Å². The van der Waals surface area contributed by atoms with Gasteiger partial charge in [0.1, 0.15) is 12.4 Å². The zero-order valence-corrected chi connectivity index (χ0v) is 16.3. The van der Waals surface area contributed by atoms with Gasteiger partial charge in [-0.05, 0) is 41.8 Å². The number of rotatable bonds is 5. The summed E-state index contributed by atoms with van der Waals surface area (Å²) < 4.78 is 12.0. The van der Waals surface area contributed by atoms with Gasteiger partial charge in [0.25, 0.3) is 0 Å². The number of fused-ring (bicyclic) bond motifs is 3. The highest BCUT2D eigenvalue weighted by atomic mass is 16.6. The quantitative estimate of drug-likeness (QED) is 0.530. The minimum atomic E-state index is -0.317. The first kappa shape index (κ1) is 17.6. The Labute approximate surface area is 176 Å². The monoisotopic (exact) mass is 415 g/mol. The summed E-state index contributed by atoms with van der Waals surface area (Å²) >= 11 is 0. The van der Waals surface area contributed by atoms with Gasteiger partial charge in [0.05, 0.1) is 30.7 Å². The highest BCUT2D eigenvalue weighted by Crippen LogP contribution is 2.40. The summed E-state index contributed by atoms with van der Waals surface area (Å²) in [5, 5.41) is 14.7. The molecule has 0 unspecified atom stereocenters. The lowest BCUT2D eigenvalue weighted by molar-refractivity contribution is 0.137. The van der Waals surface area contributed by atoms with Crippen molar-refractivity contribution in [1.29, 1.82) is 0 Å². The number of nitrogens with zero attached hydrogens (tertiary/aromatic N) is 6. The van der Waals surface area contributed by atoms with Crippen molar-refractivity contribution in [2.75, 3.05) is 16.8 Å². The van der Waals surface area contributed by atoms with Gasteiger partial charge in [0.2, 0.25) is 0 Å². The number of nitrogens with one attached hydrogen (secondary N) is 1. The minimum Gasteiger partial charge on any atom is -0.442 e. The normalized spacial score (nSPS) is 19.2. The number of carbonyl (C=O) groups is 1. The van der Waals surface area contributed by atoms with Gasteiger partial charge in [-0.3, -0.25) is 4.90 Å². The fraction of sp³-hybridized carbons (Fsp3) is 0.190. The number of anilines is 2. The third-order valence-electron chi connectivity index (χ3n) is 5.64. The first-order chi connectivity index (χ1) is 15.3. The van der Waals surface area contributed by atoms with Gasteiger partial charge in [-0.1, -0.05) is 16.4 Å². The Morgan fingerprint density at radius 3 is 2.87 bits per heavy atom. The lowest BCUT2D eigenvalue weighted by Gasteiger charge is -2.16. The summed E-state index contributed by atoms with van der Waals surface area (Å²) in [6.07, 6.45) is 6.80. The van der Waals surface area contributed by atoms with Crippen LogP contribution in [0.4, 0.5) is 16.3 Å². The van der Waals surface area contributed by atoms with Crippen LogP contribution in [0.25, 0.3) is 16.9 Å². The van der Waals surface area contributed by atoms with E-state index in [1.807, 2.05) is 30.5 Å². The molecule has 0 aliphatic carbocycles. The predicted molar refractivity (Wildman–Crippen MR) is 110 cm³/mol. The molecule has 2 aliphatic rings. The molecule has 10 nitrogen and oxygen atoms in total. The number of pyridine rings is 1. The fourth-order valence-electron chi connectivity index (χ4n) is 4.16. The predicted octanol–water partition coefficient (Wildman–Crippen LogP) is 2.68. The zero-order chi connectivity index (χ0) is 20.8. The fourth-order valence-corrected chi connectivity index (χ4v) is 4.16. The number of ether oxygens (including phenoxy) is 1. The van der Waals surface area contributed by atoms with E-state index in [1.165, 1.54) is 6.26 Å². The second-order valence-electron chi connectivity index (χ2n) is 7.43. The van der Waals surface area contributed by atoms with E-state index in [-0.39, 0.29) is 18.2 Å². The van der Waals surface area contributed by atoms with E-state index in [2.05, 4.69) is 31.8 Å². The maximum atomic E-state index is 12.5. The van der Waals surface area contributed by atoms with Crippen molar-refractivity contribution in [3.63, 3.8) is 0 Å². The van der Waals surface area contributed by atoms with Gasteiger partial charge in [-0.2, -0.15) is 0 Å². The molecule has 0 spiro atoms. The van der Waals surface area contributed by atoms with E-state index < -0.39 is 0 Å². The molecule has 1 N–H and O–H groups in total. The molecule has 154 valence electrons. The number of carbonyl (C=O) groups excluding carboxylic acids is 1. The Balaban J connectivity index is 1.23. The van der Waals surface area contributed by atoms with Gasteiger partial charge < -0.3 is 14.6 Å². The van der Waals surface area contributed by atoms with Crippen LogP contribution in [0.3, 0.4) is 0 Å². The van der Waals surface area contributed by atoms with E-state index in [1.54, 1.807) is 28.0 Å². The van der Waals surface area contributed by atoms with Crippen molar-refractivity contribution in [3.8, 4) is 16.9 Å². The van der Waals surface area contributed by atoms with Crippen LogP contribution < -0.4 is 10.2 Å². The van der Waals surface area contributed by atoms with Gasteiger partial charge in [-0.15, -0.1) is 5.10 Å². The van der Waals surface area contributed by atoms with E-state index in [0.29, 0.717) is 18.2 Å². The third-order valence-corrected chi connectivity index (χ3v) is 5.64. The molecule has 2 aliphatic heterocycles. The molecule has 1 aromatic carbocycles. The van der Waals surface area contributed by atoms with Crippen LogP contribution in [-0.2, 0) is 11.2 Å². The van der Waals surface area contributed by atoms with E-state index in [9.17, 15) is 4.79 Å². The van der Waals surface area contributed by atoms with E-state index in [4.69, 9.17) is 9.26 Å². The van der Waals surface area contributed by atoms with Crippen LogP contribution in [0.2, 0.25) is 0 Å². The number of aromatic nitrogens is 5.